The highest BCUT2D eigenvalue weighted by Gasteiger charge is 1.90. The van der Waals surface area contributed by atoms with E-state index in [1.54, 1.807) is 6.08 Å². The van der Waals surface area contributed by atoms with Gasteiger partial charge in [-0.05, 0) is 24.1 Å². The van der Waals surface area contributed by atoms with Gasteiger partial charge in [0.15, 0.2) is 0 Å². The van der Waals surface area contributed by atoms with Crippen LogP contribution in [0.3, 0.4) is 0 Å². The molecule has 1 heteroatoms. The molecule has 0 N–H and O–H groups in total. The van der Waals surface area contributed by atoms with Gasteiger partial charge in [-0.3, -0.25) is 4.79 Å². The molecule has 0 fully saturated rings. The molecule has 0 aliphatic carbocycles. The molecular formula is C12H12O. The second-order valence-corrected chi connectivity index (χ2v) is 2.74. The first-order valence-electron chi connectivity index (χ1n) is 4.19. The van der Waals surface area contributed by atoms with Crippen molar-refractivity contribution in [2.24, 2.45) is 0 Å². The number of hydrogen-bond donors (Lipinski definition) is 0. The minimum atomic E-state index is 0.773. The van der Waals surface area contributed by atoms with Crippen LogP contribution in [0.15, 0.2) is 48.6 Å². The molecule has 0 amide bonds. The Kier molecular flexibility index (Phi) is 3.71. The molecule has 0 bridgehead atoms. The Morgan fingerprint density at radius 1 is 1.15 bits per heavy atom. The van der Waals surface area contributed by atoms with E-state index in [2.05, 4.69) is 0 Å². The molecule has 0 saturated heterocycles. The van der Waals surface area contributed by atoms with E-state index in [1.807, 2.05) is 43.3 Å². The number of allylic oxidation sites excluding steroid dienone is 4. The molecule has 1 aromatic carbocycles. The maximum Gasteiger partial charge on any atom is 0.142 e. The second-order valence-electron chi connectivity index (χ2n) is 2.74. The van der Waals surface area contributed by atoms with Crippen LogP contribution >= 0.6 is 0 Å². The van der Waals surface area contributed by atoms with E-state index >= 15 is 0 Å². The van der Waals surface area contributed by atoms with E-state index in [9.17, 15) is 4.79 Å². The molecule has 0 aliphatic heterocycles. The van der Waals surface area contributed by atoms with Gasteiger partial charge in [-0.15, -0.1) is 0 Å². The minimum Gasteiger partial charge on any atom is -0.299 e. The van der Waals surface area contributed by atoms with Crippen molar-refractivity contribution in [2.45, 2.75) is 6.92 Å². The molecule has 0 unspecified atom stereocenters. The molecular weight excluding hydrogens is 160 g/mol. The smallest absolute Gasteiger partial charge is 0.142 e. The van der Waals surface area contributed by atoms with Crippen LogP contribution in [0.4, 0.5) is 0 Å². The standard InChI is InChI=1S/C12H12O/c1-11(7-5-6-10-13)12-8-3-2-4-9-12/h2-10H,1H3/b6-5+,11-7-. The summed E-state index contributed by atoms with van der Waals surface area (Å²) < 4.78 is 0. The van der Waals surface area contributed by atoms with Crippen molar-refractivity contribution in [3.05, 3.63) is 54.1 Å². The van der Waals surface area contributed by atoms with E-state index in [0.29, 0.717) is 0 Å². The lowest BCUT2D eigenvalue weighted by Crippen LogP contribution is -1.76. The zero-order valence-electron chi connectivity index (χ0n) is 7.60. The van der Waals surface area contributed by atoms with Crippen LogP contribution in [-0.4, -0.2) is 6.29 Å². The first-order chi connectivity index (χ1) is 6.34. The van der Waals surface area contributed by atoms with Crippen molar-refractivity contribution in [2.75, 3.05) is 0 Å². The molecule has 13 heavy (non-hydrogen) atoms. The quantitative estimate of drug-likeness (QED) is 0.389. The molecule has 0 radical (unpaired) electrons. The van der Waals surface area contributed by atoms with E-state index in [1.165, 1.54) is 11.6 Å². The number of rotatable bonds is 3. The Bertz CT molecular complexity index is 320. The predicted octanol–water partition coefficient (Wildman–Crippen LogP) is 2.85. The SMILES string of the molecule is C/C(=C/C=C/C=O)c1ccccc1. The Morgan fingerprint density at radius 2 is 1.85 bits per heavy atom. The molecule has 0 heterocycles. The van der Waals surface area contributed by atoms with Gasteiger partial charge in [0.05, 0.1) is 0 Å². The summed E-state index contributed by atoms with van der Waals surface area (Å²) in [6.45, 7) is 2.02. The maximum atomic E-state index is 10.0. The molecule has 0 aliphatic rings. The predicted molar refractivity (Wildman–Crippen MR) is 55.3 cm³/mol. The lowest BCUT2D eigenvalue weighted by atomic mass is 10.1. The van der Waals surface area contributed by atoms with Gasteiger partial charge in [-0.1, -0.05) is 42.5 Å². The number of hydrogen-bond acceptors (Lipinski definition) is 1. The van der Waals surface area contributed by atoms with E-state index in [4.69, 9.17) is 0 Å². The van der Waals surface area contributed by atoms with Gasteiger partial charge in [0.2, 0.25) is 0 Å². The fourth-order valence-electron chi connectivity index (χ4n) is 1.04. The van der Waals surface area contributed by atoms with Gasteiger partial charge in [0.1, 0.15) is 6.29 Å². The van der Waals surface area contributed by atoms with Gasteiger partial charge in [-0.2, -0.15) is 0 Å². The van der Waals surface area contributed by atoms with Gasteiger partial charge in [0.25, 0.3) is 0 Å². The average molecular weight is 172 g/mol. The third kappa shape index (κ3) is 3.08. The van der Waals surface area contributed by atoms with E-state index < -0.39 is 0 Å². The molecule has 0 saturated carbocycles. The molecule has 0 spiro atoms. The second kappa shape index (κ2) is 5.09. The van der Waals surface area contributed by atoms with Crippen molar-refractivity contribution >= 4 is 11.9 Å². The summed E-state index contributed by atoms with van der Waals surface area (Å²) in [5.41, 5.74) is 2.33. The highest BCUT2D eigenvalue weighted by Crippen LogP contribution is 2.12. The highest BCUT2D eigenvalue weighted by molar-refractivity contribution is 5.69. The Morgan fingerprint density at radius 3 is 2.46 bits per heavy atom. The number of carbonyl (C=O) groups excluding carboxylic acids is 1. The fourth-order valence-corrected chi connectivity index (χ4v) is 1.04. The Hall–Kier alpha value is -1.63. The first kappa shape index (κ1) is 9.46. The summed E-state index contributed by atoms with van der Waals surface area (Å²) >= 11 is 0. The largest absolute Gasteiger partial charge is 0.299 e. The van der Waals surface area contributed by atoms with E-state index in [-0.39, 0.29) is 0 Å². The molecule has 66 valence electrons. The monoisotopic (exact) mass is 172 g/mol. The van der Waals surface area contributed by atoms with Crippen molar-refractivity contribution in [1.29, 1.82) is 0 Å². The fraction of sp³-hybridized carbons (Fsp3) is 0.0833. The van der Waals surface area contributed by atoms with Crippen molar-refractivity contribution in [3.8, 4) is 0 Å². The van der Waals surface area contributed by atoms with Crippen LogP contribution < -0.4 is 0 Å². The van der Waals surface area contributed by atoms with Crippen molar-refractivity contribution < 1.29 is 4.79 Å². The summed E-state index contributed by atoms with van der Waals surface area (Å²) in [5, 5.41) is 0. The summed E-state index contributed by atoms with van der Waals surface area (Å²) in [5.74, 6) is 0. The maximum absolute atomic E-state index is 10.0. The van der Waals surface area contributed by atoms with Crippen LogP contribution in [0.1, 0.15) is 12.5 Å². The molecule has 1 rings (SSSR count). The topological polar surface area (TPSA) is 17.1 Å². The zero-order valence-corrected chi connectivity index (χ0v) is 7.60. The minimum absolute atomic E-state index is 0.773. The van der Waals surface area contributed by atoms with Crippen LogP contribution in [0, 0.1) is 0 Å². The Labute approximate surface area is 78.4 Å². The summed E-state index contributed by atoms with van der Waals surface area (Å²) in [6, 6.07) is 10.1. The number of benzene rings is 1. The normalized spacial score (nSPS) is 11.9. The van der Waals surface area contributed by atoms with Gasteiger partial charge in [-0.25, -0.2) is 0 Å². The average Bonchev–Trinajstić information content (AvgIpc) is 2.19. The van der Waals surface area contributed by atoms with Crippen LogP contribution in [-0.2, 0) is 4.79 Å². The molecule has 1 nitrogen and oxygen atoms in total. The van der Waals surface area contributed by atoms with Crippen molar-refractivity contribution in [1.82, 2.24) is 0 Å². The molecule has 0 atom stereocenters. The summed E-state index contributed by atoms with van der Waals surface area (Å²) in [7, 11) is 0. The lowest BCUT2D eigenvalue weighted by molar-refractivity contribution is -0.104. The van der Waals surface area contributed by atoms with E-state index in [0.717, 1.165) is 11.9 Å². The number of aldehydes is 1. The number of carbonyl (C=O) groups is 1. The summed E-state index contributed by atoms with van der Waals surface area (Å²) in [4.78, 5) is 10.0. The van der Waals surface area contributed by atoms with Crippen LogP contribution in [0.5, 0.6) is 0 Å². The lowest BCUT2D eigenvalue weighted by Gasteiger charge is -1.97. The zero-order chi connectivity index (χ0) is 9.52. The highest BCUT2D eigenvalue weighted by atomic mass is 16.1. The third-order valence-corrected chi connectivity index (χ3v) is 1.77. The van der Waals surface area contributed by atoms with Gasteiger partial charge < -0.3 is 0 Å². The molecule has 0 aromatic heterocycles. The van der Waals surface area contributed by atoms with Crippen LogP contribution in [0.2, 0.25) is 0 Å². The van der Waals surface area contributed by atoms with Crippen LogP contribution in [0.25, 0.3) is 5.57 Å². The van der Waals surface area contributed by atoms with Gasteiger partial charge in [0, 0.05) is 0 Å². The summed E-state index contributed by atoms with van der Waals surface area (Å²) in [6.07, 6.45) is 5.92. The first-order valence-corrected chi connectivity index (χ1v) is 4.19. The molecule has 1 aromatic rings. The van der Waals surface area contributed by atoms with Crippen molar-refractivity contribution in [3.63, 3.8) is 0 Å². The Balaban J connectivity index is 2.79. The van der Waals surface area contributed by atoms with Gasteiger partial charge >= 0.3 is 0 Å². The third-order valence-electron chi connectivity index (χ3n) is 1.77.